The molecule has 1 aromatic carbocycles. The van der Waals surface area contributed by atoms with Crippen LogP contribution in [0.15, 0.2) is 18.2 Å². The minimum Gasteiger partial charge on any atom is -0.493 e. The number of aromatic nitrogens is 4. The molecule has 1 saturated carbocycles. The lowest BCUT2D eigenvalue weighted by Gasteiger charge is -2.43. The predicted molar refractivity (Wildman–Crippen MR) is 97.8 cm³/mol. The molecule has 1 aliphatic heterocycles. The number of rotatable bonds is 5. The van der Waals surface area contributed by atoms with E-state index in [1.165, 1.54) is 32.1 Å². The fourth-order valence-corrected chi connectivity index (χ4v) is 4.57. The minimum absolute atomic E-state index is 0.0502. The van der Waals surface area contributed by atoms with E-state index in [4.69, 9.17) is 9.47 Å². The maximum Gasteiger partial charge on any atom is 0.176 e. The molecular formula is C19H27N5O2. The Kier molecular flexibility index (Phi) is 4.80. The maximum atomic E-state index is 5.47. The molecule has 1 saturated heterocycles. The first-order valence-electron chi connectivity index (χ1n) is 9.55. The molecule has 2 fully saturated rings. The van der Waals surface area contributed by atoms with Gasteiger partial charge in [0.05, 0.1) is 25.4 Å². The van der Waals surface area contributed by atoms with E-state index in [0.29, 0.717) is 11.5 Å². The van der Waals surface area contributed by atoms with Gasteiger partial charge in [-0.15, -0.1) is 5.10 Å². The van der Waals surface area contributed by atoms with Gasteiger partial charge in [-0.1, -0.05) is 19.3 Å². The van der Waals surface area contributed by atoms with E-state index in [1.807, 2.05) is 22.9 Å². The fraction of sp³-hybridized carbons (Fsp3) is 0.632. The maximum absolute atomic E-state index is 5.47. The smallest absolute Gasteiger partial charge is 0.176 e. The highest BCUT2D eigenvalue weighted by molar-refractivity contribution is 5.49. The van der Waals surface area contributed by atoms with Gasteiger partial charge in [-0.05, 0) is 61.3 Å². The van der Waals surface area contributed by atoms with Crippen molar-refractivity contribution >= 4 is 0 Å². The summed E-state index contributed by atoms with van der Waals surface area (Å²) in [6, 6.07) is 5.84. The van der Waals surface area contributed by atoms with Crippen molar-refractivity contribution in [3.8, 4) is 17.2 Å². The van der Waals surface area contributed by atoms with Crippen molar-refractivity contribution in [2.24, 2.45) is 0 Å². The van der Waals surface area contributed by atoms with Crippen LogP contribution in [0.4, 0.5) is 0 Å². The third-order valence-corrected chi connectivity index (χ3v) is 5.89. The first-order valence-corrected chi connectivity index (χ1v) is 9.55. The normalized spacial score (nSPS) is 20.2. The molecule has 0 atom stereocenters. The number of methoxy groups -OCH3 is 2. The topological polar surface area (TPSA) is 65.3 Å². The van der Waals surface area contributed by atoms with E-state index >= 15 is 0 Å². The lowest BCUT2D eigenvalue weighted by atomic mass is 9.79. The number of nitrogens with zero attached hydrogens (tertiary/aromatic N) is 5. The summed E-state index contributed by atoms with van der Waals surface area (Å²) in [5.41, 5.74) is 0.859. The molecule has 1 aliphatic carbocycles. The van der Waals surface area contributed by atoms with Crippen LogP contribution in [-0.2, 0) is 5.54 Å². The van der Waals surface area contributed by atoms with Crippen LogP contribution in [0, 0.1) is 0 Å². The Labute approximate surface area is 154 Å². The van der Waals surface area contributed by atoms with Crippen LogP contribution in [0.3, 0.4) is 0 Å². The summed E-state index contributed by atoms with van der Waals surface area (Å²) in [7, 11) is 3.29. The first-order chi connectivity index (χ1) is 12.8. The Morgan fingerprint density at radius 2 is 1.65 bits per heavy atom. The van der Waals surface area contributed by atoms with Crippen LogP contribution in [0.1, 0.15) is 50.8 Å². The number of tetrazole rings is 1. The number of likely N-dealkylation sites (tertiary alicyclic amines) is 1. The third-order valence-electron chi connectivity index (χ3n) is 5.89. The fourth-order valence-electron chi connectivity index (χ4n) is 4.57. The molecule has 0 unspecified atom stereocenters. The standard InChI is InChI=1S/C19H27N5O2/c1-25-16-9-8-15(14-17(16)26-2)24-18(20-21-22-24)19(10-4-3-5-11-19)23-12-6-7-13-23/h8-9,14H,3-7,10-13H2,1-2H3. The molecule has 2 heterocycles. The monoisotopic (exact) mass is 357 g/mol. The number of ether oxygens (including phenoxy) is 2. The average Bonchev–Trinajstić information content (AvgIpc) is 3.40. The second-order valence-electron chi connectivity index (χ2n) is 7.24. The number of benzene rings is 1. The Bertz CT molecular complexity index is 748. The van der Waals surface area contributed by atoms with E-state index in [0.717, 1.165) is 37.4 Å². The molecule has 0 spiro atoms. The Morgan fingerprint density at radius 1 is 0.923 bits per heavy atom. The van der Waals surface area contributed by atoms with Gasteiger partial charge in [-0.25, -0.2) is 0 Å². The Hall–Kier alpha value is -2.15. The van der Waals surface area contributed by atoms with Gasteiger partial charge in [-0.2, -0.15) is 4.68 Å². The van der Waals surface area contributed by atoms with Gasteiger partial charge in [0.1, 0.15) is 0 Å². The highest BCUT2D eigenvalue weighted by Crippen LogP contribution is 2.43. The van der Waals surface area contributed by atoms with E-state index < -0.39 is 0 Å². The van der Waals surface area contributed by atoms with Gasteiger partial charge in [0.2, 0.25) is 0 Å². The van der Waals surface area contributed by atoms with Gasteiger partial charge < -0.3 is 9.47 Å². The number of hydrogen-bond donors (Lipinski definition) is 0. The van der Waals surface area contributed by atoms with E-state index in [-0.39, 0.29) is 5.54 Å². The van der Waals surface area contributed by atoms with Crippen LogP contribution in [0.2, 0.25) is 0 Å². The van der Waals surface area contributed by atoms with Gasteiger partial charge in [0, 0.05) is 6.07 Å². The lowest BCUT2D eigenvalue weighted by molar-refractivity contribution is 0.0595. The third kappa shape index (κ3) is 2.84. The molecule has 0 amide bonds. The second kappa shape index (κ2) is 7.23. The molecule has 26 heavy (non-hydrogen) atoms. The Morgan fingerprint density at radius 3 is 2.35 bits per heavy atom. The molecule has 1 aromatic heterocycles. The summed E-state index contributed by atoms with van der Waals surface area (Å²) >= 11 is 0. The molecule has 7 heteroatoms. The molecule has 140 valence electrons. The minimum atomic E-state index is -0.0502. The van der Waals surface area contributed by atoms with Crippen LogP contribution in [0.5, 0.6) is 11.5 Å². The number of hydrogen-bond acceptors (Lipinski definition) is 6. The Balaban J connectivity index is 1.78. The van der Waals surface area contributed by atoms with E-state index in [9.17, 15) is 0 Å². The van der Waals surface area contributed by atoms with Crippen LogP contribution in [-0.4, -0.2) is 52.4 Å². The van der Waals surface area contributed by atoms with Gasteiger partial charge in [0.15, 0.2) is 17.3 Å². The summed E-state index contributed by atoms with van der Waals surface area (Å²) < 4.78 is 12.7. The predicted octanol–water partition coefficient (Wildman–Crippen LogP) is 2.93. The molecule has 0 N–H and O–H groups in total. The van der Waals surface area contributed by atoms with Crippen molar-refractivity contribution in [3.05, 3.63) is 24.0 Å². The van der Waals surface area contributed by atoms with Crippen molar-refractivity contribution in [2.75, 3.05) is 27.3 Å². The van der Waals surface area contributed by atoms with Gasteiger partial charge in [-0.3, -0.25) is 4.90 Å². The van der Waals surface area contributed by atoms with Crippen molar-refractivity contribution < 1.29 is 9.47 Å². The molecule has 0 bridgehead atoms. The van der Waals surface area contributed by atoms with Gasteiger partial charge >= 0.3 is 0 Å². The quantitative estimate of drug-likeness (QED) is 0.820. The highest BCUT2D eigenvalue weighted by Gasteiger charge is 2.45. The zero-order valence-electron chi connectivity index (χ0n) is 15.6. The van der Waals surface area contributed by atoms with Gasteiger partial charge in [0.25, 0.3) is 0 Å². The lowest BCUT2D eigenvalue weighted by Crippen LogP contribution is -2.47. The molecule has 4 rings (SSSR count). The summed E-state index contributed by atoms with van der Waals surface area (Å²) in [6.45, 7) is 2.28. The molecule has 0 radical (unpaired) electrons. The van der Waals surface area contributed by atoms with Crippen LogP contribution in [0.25, 0.3) is 5.69 Å². The van der Waals surface area contributed by atoms with Crippen molar-refractivity contribution in [3.63, 3.8) is 0 Å². The second-order valence-corrected chi connectivity index (χ2v) is 7.24. The summed E-state index contributed by atoms with van der Waals surface area (Å²) in [5, 5.41) is 12.9. The molecule has 2 aliphatic rings. The van der Waals surface area contributed by atoms with E-state index in [1.54, 1.807) is 14.2 Å². The van der Waals surface area contributed by atoms with Crippen LogP contribution >= 0.6 is 0 Å². The average molecular weight is 357 g/mol. The molecule has 7 nitrogen and oxygen atoms in total. The summed E-state index contributed by atoms with van der Waals surface area (Å²) in [4.78, 5) is 2.62. The molecular weight excluding hydrogens is 330 g/mol. The van der Waals surface area contributed by atoms with E-state index in [2.05, 4.69) is 20.4 Å². The zero-order valence-corrected chi connectivity index (χ0v) is 15.6. The van der Waals surface area contributed by atoms with Crippen molar-refractivity contribution in [2.45, 2.75) is 50.5 Å². The SMILES string of the molecule is COc1ccc(-n2nnnc2C2(N3CCCC3)CCCCC2)cc1OC. The highest BCUT2D eigenvalue weighted by atomic mass is 16.5. The van der Waals surface area contributed by atoms with Crippen molar-refractivity contribution in [1.29, 1.82) is 0 Å². The first kappa shape index (κ1) is 17.3. The van der Waals surface area contributed by atoms with Crippen LogP contribution < -0.4 is 9.47 Å². The van der Waals surface area contributed by atoms with Crippen molar-refractivity contribution in [1.82, 2.24) is 25.1 Å². The zero-order chi connectivity index (χ0) is 18.0. The summed E-state index contributed by atoms with van der Waals surface area (Å²) in [5.74, 6) is 2.36. The molecule has 2 aromatic rings. The summed E-state index contributed by atoms with van der Waals surface area (Å²) in [6.07, 6.45) is 8.54. The largest absolute Gasteiger partial charge is 0.493 e.